The number of nitrogens with zero attached hydrogens (tertiary/aromatic N) is 5. The number of carbonyl (C=O) groups is 1. The van der Waals surface area contributed by atoms with Gasteiger partial charge in [0, 0.05) is 37.9 Å². The highest BCUT2D eigenvalue weighted by Gasteiger charge is 2.28. The molecule has 0 unspecified atom stereocenters. The minimum Gasteiger partial charge on any atom is -0.342 e. The lowest BCUT2D eigenvalue weighted by Crippen LogP contribution is -2.41. The topological polar surface area (TPSA) is 87.1 Å². The van der Waals surface area contributed by atoms with Crippen LogP contribution in [0.3, 0.4) is 0 Å². The van der Waals surface area contributed by atoms with E-state index in [1.807, 2.05) is 14.0 Å². The largest absolute Gasteiger partial charge is 0.342 e. The van der Waals surface area contributed by atoms with E-state index in [0.29, 0.717) is 48.2 Å². The summed E-state index contributed by atoms with van der Waals surface area (Å²) in [6.07, 6.45) is 4.34. The van der Waals surface area contributed by atoms with E-state index in [2.05, 4.69) is 21.9 Å². The Morgan fingerprint density at radius 3 is 2.67 bits per heavy atom. The third kappa shape index (κ3) is 3.24. The number of piperidine rings is 1. The summed E-state index contributed by atoms with van der Waals surface area (Å²) in [6.45, 7) is 6.83. The SMILES string of the molecule is Cc1c(C(=O)N2CCc3c(nc(N4CCC(C)CC4)[nH]c3=O)C2)cnn1C. The molecule has 2 aliphatic heterocycles. The Morgan fingerprint density at radius 2 is 2.00 bits per heavy atom. The Kier molecular flexibility index (Phi) is 4.49. The number of H-pyrrole nitrogens is 1. The Hall–Kier alpha value is -2.64. The number of nitrogens with one attached hydrogen (secondary N) is 1. The van der Waals surface area contributed by atoms with Gasteiger partial charge in [-0.3, -0.25) is 19.3 Å². The van der Waals surface area contributed by atoms with E-state index >= 15 is 0 Å². The van der Waals surface area contributed by atoms with Gasteiger partial charge in [-0.2, -0.15) is 5.10 Å². The molecular formula is C19H26N6O2. The highest BCUT2D eigenvalue weighted by atomic mass is 16.2. The molecule has 144 valence electrons. The molecule has 1 saturated heterocycles. The molecule has 0 aromatic carbocycles. The summed E-state index contributed by atoms with van der Waals surface area (Å²) in [5.41, 5.74) is 2.80. The second-order valence-corrected chi connectivity index (χ2v) is 7.73. The number of aryl methyl sites for hydroxylation is 1. The molecule has 0 aliphatic carbocycles. The summed E-state index contributed by atoms with van der Waals surface area (Å²) >= 11 is 0. The van der Waals surface area contributed by atoms with E-state index in [9.17, 15) is 9.59 Å². The lowest BCUT2D eigenvalue weighted by atomic mass is 9.99. The van der Waals surface area contributed by atoms with Crippen LogP contribution in [0.1, 0.15) is 47.1 Å². The van der Waals surface area contributed by atoms with Crippen LogP contribution >= 0.6 is 0 Å². The average molecular weight is 370 g/mol. The van der Waals surface area contributed by atoms with E-state index in [4.69, 9.17) is 4.98 Å². The van der Waals surface area contributed by atoms with Crippen molar-refractivity contribution in [2.24, 2.45) is 13.0 Å². The molecule has 1 amide bonds. The molecule has 4 rings (SSSR count). The van der Waals surface area contributed by atoms with Crippen LogP contribution in [0.15, 0.2) is 11.0 Å². The molecule has 0 bridgehead atoms. The fourth-order valence-electron chi connectivity index (χ4n) is 3.85. The second-order valence-electron chi connectivity index (χ2n) is 7.73. The van der Waals surface area contributed by atoms with Crippen molar-refractivity contribution in [1.82, 2.24) is 24.6 Å². The molecule has 2 aromatic heterocycles. The fraction of sp³-hybridized carbons (Fsp3) is 0.579. The van der Waals surface area contributed by atoms with Gasteiger partial charge in [0.25, 0.3) is 11.5 Å². The zero-order chi connectivity index (χ0) is 19.1. The van der Waals surface area contributed by atoms with Gasteiger partial charge in [-0.05, 0) is 32.1 Å². The standard InChI is InChI=1S/C19H26N6O2/c1-12-4-7-24(8-5-12)19-21-16-11-25(9-6-14(16)17(26)22-19)18(27)15-10-20-23(3)13(15)2/h10,12H,4-9,11H2,1-3H3,(H,21,22,26). The summed E-state index contributed by atoms with van der Waals surface area (Å²) in [5, 5.41) is 4.16. The van der Waals surface area contributed by atoms with E-state index in [1.165, 1.54) is 0 Å². The molecule has 1 N–H and O–H groups in total. The van der Waals surface area contributed by atoms with Crippen LogP contribution in [0.25, 0.3) is 0 Å². The van der Waals surface area contributed by atoms with Gasteiger partial charge in [-0.1, -0.05) is 6.92 Å². The Morgan fingerprint density at radius 1 is 1.26 bits per heavy atom. The van der Waals surface area contributed by atoms with Gasteiger partial charge in [0.1, 0.15) is 0 Å². The molecule has 0 spiro atoms. The zero-order valence-corrected chi connectivity index (χ0v) is 16.2. The zero-order valence-electron chi connectivity index (χ0n) is 16.2. The molecule has 1 fully saturated rings. The van der Waals surface area contributed by atoms with Crippen molar-refractivity contribution in [1.29, 1.82) is 0 Å². The van der Waals surface area contributed by atoms with E-state index in [-0.39, 0.29) is 11.5 Å². The molecule has 2 aliphatic rings. The highest BCUT2D eigenvalue weighted by molar-refractivity contribution is 5.95. The van der Waals surface area contributed by atoms with Crippen LogP contribution in [-0.2, 0) is 20.0 Å². The first-order valence-electron chi connectivity index (χ1n) is 9.59. The first-order valence-corrected chi connectivity index (χ1v) is 9.59. The molecular weight excluding hydrogens is 344 g/mol. The molecule has 0 atom stereocenters. The van der Waals surface area contributed by atoms with Crippen molar-refractivity contribution in [3.05, 3.63) is 39.1 Å². The number of hydrogen-bond donors (Lipinski definition) is 1. The van der Waals surface area contributed by atoms with Crippen LogP contribution in [0, 0.1) is 12.8 Å². The molecule has 0 radical (unpaired) electrons. The van der Waals surface area contributed by atoms with Crippen LogP contribution < -0.4 is 10.5 Å². The second kappa shape index (κ2) is 6.83. The normalized spacial score (nSPS) is 17.9. The third-order valence-electron chi connectivity index (χ3n) is 5.90. The van der Waals surface area contributed by atoms with Gasteiger partial charge in [0.05, 0.1) is 24.0 Å². The Labute approximate surface area is 158 Å². The molecule has 27 heavy (non-hydrogen) atoms. The van der Waals surface area contributed by atoms with E-state index in [1.54, 1.807) is 15.8 Å². The van der Waals surface area contributed by atoms with E-state index < -0.39 is 0 Å². The van der Waals surface area contributed by atoms with Crippen LogP contribution in [0.5, 0.6) is 0 Å². The Bertz CT molecular complexity index is 923. The summed E-state index contributed by atoms with van der Waals surface area (Å²) in [6, 6.07) is 0. The lowest BCUT2D eigenvalue weighted by Gasteiger charge is -2.32. The number of anilines is 1. The van der Waals surface area contributed by atoms with Crippen molar-refractivity contribution in [2.75, 3.05) is 24.5 Å². The predicted molar refractivity (Wildman–Crippen MR) is 102 cm³/mol. The van der Waals surface area contributed by atoms with Crippen molar-refractivity contribution >= 4 is 11.9 Å². The summed E-state index contributed by atoms with van der Waals surface area (Å²) in [4.78, 5) is 37.1. The highest BCUT2D eigenvalue weighted by Crippen LogP contribution is 2.22. The smallest absolute Gasteiger partial charge is 0.257 e. The quantitative estimate of drug-likeness (QED) is 0.860. The van der Waals surface area contributed by atoms with Crippen molar-refractivity contribution < 1.29 is 4.79 Å². The summed E-state index contributed by atoms with van der Waals surface area (Å²) < 4.78 is 1.70. The van der Waals surface area contributed by atoms with Crippen LogP contribution in [-0.4, -0.2) is 50.2 Å². The van der Waals surface area contributed by atoms with Gasteiger partial charge < -0.3 is 9.80 Å². The summed E-state index contributed by atoms with van der Waals surface area (Å²) in [5.74, 6) is 1.29. The number of rotatable bonds is 2. The Balaban J connectivity index is 1.59. The van der Waals surface area contributed by atoms with Gasteiger partial charge in [-0.25, -0.2) is 4.98 Å². The van der Waals surface area contributed by atoms with Gasteiger partial charge in [0.2, 0.25) is 5.95 Å². The van der Waals surface area contributed by atoms with Crippen molar-refractivity contribution in [3.8, 4) is 0 Å². The van der Waals surface area contributed by atoms with Crippen LogP contribution in [0.4, 0.5) is 5.95 Å². The van der Waals surface area contributed by atoms with Crippen molar-refractivity contribution in [2.45, 2.75) is 39.7 Å². The minimum absolute atomic E-state index is 0.0540. The van der Waals surface area contributed by atoms with Crippen LogP contribution in [0.2, 0.25) is 0 Å². The molecule has 2 aromatic rings. The van der Waals surface area contributed by atoms with Gasteiger partial charge in [-0.15, -0.1) is 0 Å². The average Bonchev–Trinajstić information content (AvgIpc) is 3.00. The lowest BCUT2D eigenvalue weighted by molar-refractivity contribution is 0.0730. The molecule has 4 heterocycles. The maximum atomic E-state index is 12.9. The molecule has 0 saturated carbocycles. The van der Waals surface area contributed by atoms with Crippen molar-refractivity contribution in [3.63, 3.8) is 0 Å². The number of aromatic amines is 1. The number of amides is 1. The fourth-order valence-corrected chi connectivity index (χ4v) is 3.85. The minimum atomic E-state index is -0.0710. The number of aromatic nitrogens is 4. The van der Waals surface area contributed by atoms with Gasteiger partial charge >= 0.3 is 0 Å². The first kappa shape index (κ1) is 17.8. The monoisotopic (exact) mass is 370 g/mol. The number of fused-ring (bicyclic) bond motifs is 1. The maximum Gasteiger partial charge on any atom is 0.257 e. The third-order valence-corrected chi connectivity index (χ3v) is 5.90. The summed E-state index contributed by atoms with van der Waals surface area (Å²) in [7, 11) is 1.82. The predicted octanol–water partition coefficient (Wildman–Crippen LogP) is 1.25. The van der Waals surface area contributed by atoms with Gasteiger partial charge in [0.15, 0.2) is 0 Å². The van der Waals surface area contributed by atoms with E-state index in [0.717, 1.165) is 31.6 Å². The number of hydrogen-bond acceptors (Lipinski definition) is 5. The molecule has 8 heteroatoms. The maximum absolute atomic E-state index is 12.9. The number of carbonyl (C=O) groups excluding carboxylic acids is 1. The first-order chi connectivity index (χ1) is 12.9. The molecule has 8 nitrogen and oxygen atoms in total.